The van der Waals surface area contributed by atoms with Gasteiger partial charge in [0, 0.05) is 19.6 Å². The lowest BCUT2D eigenvalue weighted by Gasteiger charge is -2.03. The summed E-state index contributed by atoms with van der Waals surface area (Å²) in [7, 11) is 1.44. The van der Waals surface area contributed by atoms with Crippen LogP contribution in [0, 0.1) is 0 Å². The Morgan fingerprint density at radius 3 is 1.92 bits per heavy atom. The summed E-state index contributed by atoms with van der Waals surface area (Å²) in [5, 5.41) is 0. The maximum absolute atomic E-state index is 10.9. The number of anilines is 1. The molecule has 3 nitrogen and oxygen atoms in total. The number of benzene rings is 1. The molecule has 72 valence electrons. The predicted molar refractivity (Wildman–Crippen MR) is 59.3 cm³/mol. The second kappa shape index (κ2) is 3.76. The highest BCUT2D eigenvalue weighted by molar-refractivity contribution is 9.11. The zero-order valence-electron chi connectivity index (χ0n) is 6.09. The Labute approximate surface area is 96.9 Å². The maximum atomic E-state index is 10.9. The summed E-state index contributed by atoms with van der Waals surface area (Å²) >= 11 is 6.22. The molecule has 0 heterocycles. The minimum Gasteiger partial charge on any atom is -0.397 e. The summed E-state index contributed by atoms with van der Waals surface area (Å²) in [5.41, 5.74) is 6.00. The number of rotatable bonds is 1. The molecule has 0 saturated carbocycles. The van der Waals surface area contributed by atoms with E-state index in [1.807, 2.05) is 0 Å². The van der Waals surface area contributed by atoms with Crippen molar-refractivity contribution in [3.05, 3.63) is 21.1 Å². The number of hydrogen-bond donors (Lipinski definition) is 1. The fourth-order valence-electron chi connectivity index (χ4n) is 0.702. The van der Waals surface area contributed by atoms with Crippen molar-refractivity contribution in [2.45, 2.75) is 4.90 Å². The topological polar surface area (TPSA) is 60.2 Å². The van der Waals surface area contributed by atoms with Gasteiger partial charge in [-0.2, -0.15) is 0 Å². The van der Waals surface area contributed by atoms with Gasteiger partial charge in [0.05, 0.1) is 10.6 Å². The maximum Gasteiger partial charge on any atom is 0.261 e. The zero-order valence-corrected chi connectivity index (χ0v) is 10.8. The Kier molecular flexibility index (Phi) is 3.27. The van der Waals surface area contributed by atoms with E-state index in [1.165, 1.54) is 12.1 Å². The molecule has 0 aromatic heterocycles. The molecular weight excluding hydrogens is 345 g/mol. The summed E-state index contributed by atoms with van der Waals surface area (Å²) in [4.78, 5) is 0.00196. The van der Waals surface area contributed by atoms with E-state index in [0.717, 1.165) is 0 Å². The molecule has 7 heteroatoms. The van der Waals surface area contributed by atoms with Gasteiger partial charge >= 0.3 is 0 Å². The molecule has 13 heavy (non-hydrogen) atoms. The fraction of sp³-hybridized carbons (Fsp3) is 0. The molecule has 0 bridgehead atoms. The third kappa shape index (κ3) is 2.59. The standard InChI is InChI=1S/C6H4Br2ClNO2S/c7-4-1-3(13(9,11)12)2-5(8)6(4)10/h1-2H,10H2. The average molecular weight is 349 g/mol. The van der Waals surface area contributed by atoms with Crippen LogP contribution in [-0.4, -0.2) is 8.42 Å². The first kappa shape index (κ1) is 11.3. The number of hydrogen-bond acceptors (Lipinski definition) is 3. The number of nitrogen functional groups attached to an aromatic ring is 1. The van der Waals surface area contributed by atoms with Gasteiger partial charge in [-0.3, -0.25) is 0 Å². The summed E-state index contributed by atoms with van der Waals surface area (Å²) in [6.07, 6.45) is 0. The molecule has 0 aliphatic rings. The molecule has 0 saturated heterocycles. The van der Waals surface area contributed by atoms with Gasteiger partial charge < -0.3 is 5.73 Å². The highest BCUT2D eigenvalue weighted by Gasteiger charge is 2.13. The van der Waals surface area contributed by atoms with Crippen molar-refractivity contribution in [1.29, 1.82) is 0 Å². The molecule has 0 amide bonds. The van der Waals surface area contributed by atoms with E-state index in [1.54, 1.807) is 0 Å². The molecule has 1 aromatic carbocycles. The molecule has 0 aliphatic carbocycles. The van der Waals surface area contributed by atoms with E-state index < -0.39 is 9.05 Å². The van der Waals surface area contributed by atoms with Gasteiger partial charge in [-0.15, -0.1) is 0 Å². The van der Waals surface area contributed by atoms with Crippen LogP contribution in [-0.2, 0) is 9.05 Å². The highest BCUT2D eigenvalue weighted by Crippen LogP contribution is 2.32. The molecule has 0 unspecified atom stereocenters. The second-order valence-electron chi connectivity index (χ2n) is 2.24. The van der Waals surface area contributed by atoms with Crippen LogP contribution in [0.3, 0.4) is 0 Å². The Morgan fingerprint density at radius 1 is 1.23 bits per heavy atom. The predicted octanol–water partition coefficient (Wildman–Crippen LogP) is 2.72. The van der Waals surface area contributed by atoms with Crippen LogP contribution in [0.15, 0.2) is 26.0 Å². The largest absolute Gasteiger partial charge is 0.397 e. The number of nitrogens with two attached hydrogens (primary N) is 1. The smallest absolute Gasteiger partial charge is 0.261 e. The Bertz CT molecular complexity index is 423. The zero-order chi connectivity index (χ0) is 10.2. The van der Waals surface area contributed by atoms with Crippen LogP contribution < -0.4 is 5.73 Å². The van der Waals surface area contributed by atoms with Gasteiger partial charge in [0.2, 0.25) is 0 Å². The third-order valence-corrected chi connectivity index (χ3v) is 3.98. The van der Waals surface area contributed by atoms with Crippen molar-refractivity contribution >= 4 is 57.3 Å². The first-order chi connectivity index (χ1) is 5.82. The quantitative estimate of drug-likeness (QED) is 0.626. The Balaban J connectivity index is 3.47. The van der Waals surface area contributed by atoms with Crippen LogP contribution in [0.5, 0.6) is 0 Å². The van der Waals surface area contributed by atoms with Crippen molar-refractivity contribution in [2.24, 2.45) is 0 Å². The van der Waals surface area contributed by atoms with Crippen molar-refractivity contribution in [3.8, 4) is 0 Å². The summed E-state index contributed by atoms with van der Waals surface area (Å²) in [6, 6.07) is 2.70. The van der Waals surface area contributed by atoms with E-state index in [4.69, 9.17) is 16.4 Å². The van der Waals surface area contributed by atoms with Crippen molar-refractivity contribution in [1.82, 2.24) is 0 Å². The molecule has 1 rings (SSSR count). The summed E-state index contributed by atoms with van der Waals surface area (Å²) in [6.45, 7) is 0. The lowest BCUT2D eigenvalue weighted by atomic mass is 10.3. The van der Waals surface area contributed by atoms with E-state index >= 15 is 0 Å². The van der Waals surface area contributed by atoms with Crippen LogP contribution >= 0.6 is 42.5 Å². The molecule has 1 aromatic rings. The molecule has 0 radical (unpaired) electrons. The lowest BCUT2D eigenvalue weighted by molar-refractivity contribution is 0.609. The first-order valence-electron chi connectivity index (χ1n) is 3.01. The normalized spacial score (nSPS) is 11.6. The Hall–Kier alpha value is 0.220. The minimum atomic E-state index is -3.71. The summed E-state index contributed by atoms with van der Waals surface area (Å²) < 4.78 is 22.8. The number of halogens is 3. The van der Waals surface area contributed by atoms with E-state index in [9.17, 15) is 8.42 Å². The average Bonchev–Trinajstić information content (AvgIpc) is 1.97. The van der Waals surface area contributed by atoms with Gasteiger partial charge in [0.25, 0.3) is 9.05 Å². The van der Waals surface area contributed by atoms with Gasteiger partial charge in [-0.1, -0.05) is 0 Å². The minimum absolute atomic E-state index is 0.00196. The SMILES string of the molecule is Nc1c(Br)cc(S(=O)(=O)Cl)cc1Br. The highest BCUT2D eigenvalue weighted by atomic mass is 79.9. The van der Waals surface area contributed by atoms with E-state index in [0.29, 0.717) is 14.6 Å². The van der Waals surface area contributed by atoms with E-state index in [2.05, 4.69) is 31.9 Å². The van der Waals surface area contributed by atoms with Gasteiger partial charge in [0.15, 0.2) is 0 Å². The van der Waals surface area contributed by atoms with Crippen molar-refractivity contribution in [2.75, 3.05) is 5.73 Å². The second-order valence-corrected chi connectivity index (χ2v) is 6.51. The van der Waals surface area contributed by atoms with Crippen LogP contribution in [0.4, 0.5) is 5.69 Å². The van der Waals surface area contributed by atoms with Crippen molar-refractivity contribution < 1.29 is 8.42 Å². The van der Waals surface area contributed by atoms with Gasteiger partial charge in [-0.05, 0) is 44.0 Å². The van der Waals surface area contributed by atoms with Crippen LogP contribution in [0.1, 0.15) is 0 Å². The third-order valence-electron chi connectivity index (χ3n) is 1.33. The Morgan fingerprint density at radius 2 is 1.62 bits per heavy atom. The first-order valence-corrected chi connectivity index (χ1v) is 6.91. The molecule has 0 aliphatic heterocycles. The van der Waals surface area contributed by atoms with Crippen LogP contribution in [0.25, 0.3) is 0 Å². The summed E-state index contributed by atoms with van der Waals surface area (Å²) in [5.74, 6) is 0. The van der Waals surface area contributed by atoms with Crippen molar-refractivity contribution in [3.63, 3.8) is 0 Å². The lowest BCUT2D eigenvalue weighted by Crippen LogP contribution is -1.94. The molecule has 0 atom stereocenters. The fourth-order valence-corrected chi connectivity index (χ4v) is 2.98. The van der Waals surface area contributed by atoms with Crippen LogP contribution in [0.2, 0.25) is 0 Å². The molecule has 0 fully saturated rings. The molecular formula is C6H4Br2ClNO2S. The van der Waals surface area contributed by atoms with E-state index in [-0.39, 0.29) is 4.90 Å². The molecule has 2 N–H and O–H groups in total. The molecule has 0 spiro atoms. The van der Waals surface area contributed by atoms with Gasteiger partial charge in [-0.25, -0.2) is 8.42 Å². The monoisotopic (exact) mass is 347 g/mol. The van der Waals surface area contributed by atoms with Gasteiger partial charge in [0.1, 0.15) is 0 Å².